The molecule has 0 aliphatic carbocycles. The van der Waals surface area contributed by atoms with Crippen LogP contribution < -0.4 is 5.32 Å². The van der Waals surface area contributed by atoms with E-state index in [0.717, 1.165) is 0 Å². The van der Waals surface area contributed by atoms with Gasteiger partial charge in [-0.2, -0.15) is 0 Å². The first-order chi connectivity index (χ1) is 9.35. The van der Waals surface area contributed by atoms with E-state index in [-0.39, 0.29) is 12.1 Å². The maximum atomic E-state index is 11.8. The fraction of sp³-hybridized carbons (Fsp3) is 0.600. The van der Waals surface area contributed by atoms with Crippen molar-refractivity contribution in [2.75, 3.05) is 13.1 Å². The van der Waals surface area contributed by atoms with Gasteiger partial charge in [-0.15, -0.1) is 0 Å². The van der Waals surface area contributed by atoms with E-state index in [1.165, 1.54) is 5.56 Å². The number of hydrogen-bond donors (Lipinski definition) is 1. The molecule has 0 bridgehead atoms. The van der Waals surface area contributed by atoms with Gasteiger partial charge in [0.1, 0.15) is 5.60 Å². The monoisotopic (exact) mass is 277 g/mol. The summed E-state index contributed by atoms with van der Waals surface area (Å²) in [6.45, 7) is 9.16. The van der Waals surface area contributed by atoms with Gasteiger partial charge in [-0.05, 0) is 45.4 Å². The van der Waals surface area contributed by atoms with E-state index in [4.69, 9.17) is 4.74 Å². The molecule has 1 aromatic heterocycles. The Hall–Kier alpha value is -1.62. The third kappa shape index (κ3) is 3.93. The molecule has 1 aliphatic rings. The Kier molecular flexibility index (Phi) is 4.28. The molecule has 1 atom stereocenters. The lowest BCUT2D eigenvalue weighted by atomic mass is 10.1. The van der Waals surface area contributed by atoms with Crippen molar-refractivity contribution >= 4 is 6.09 Å². The number of pyridine rings is 1. The molecular formula is C15H23N3O2. The Bertz CT molecular complexity index is 450. The van der Waals surface area contributed by atoms with Gasteiger partial charge < -0.3 is 15.0 Å². The average molecular weight is 277 g/mol. The quantitative estimate of drug-likeness (QED) is 0.921. The molecule has 1 N–H and O–H groups in total. The minimum absolute atomic E-state index is 0.230. The summed E-state index contributed by atoms with van der Waals surface area (Å²) < 4.78 is 5.33. The number of carbonyl (C=O) groups excluding carboxylic acids is 1. The van der Waals surface area contributed by atoms with Crippen LogP contribution in [0.4, 0.5) is 4.79 Å². The maximum Gasteiger partial charge on any atom is 0.410 e. The summed E-state index contributed by atoms with van der Waals surface area (Å²) in [6.07, 6.45) is 3.36. The van der Waals surface area contributed by atoms with Gasteiger partial charge in [-0.1, -0.05) is 0 Å². The van der Waals surface area contributed by atoms with Crippen LogP contribution in [0, 0.1) is 0 Å². The highest BCUT2D eigenvalue weighted by Crippen LogP contribution is 2.18. The van der Waals surface area contributed by atoms with Gasteiger partial charge in [0, 0.05) is 37.6 Å². The van der Waals surface area contributed by atoms with Crippen LogP contribution in [0.1, 0.15) is 39.3 Å². The van der Waals surface area contributed by atoms with E-state index in [1.807, 2.05) is 32.9 Å². The largest absolute Gasteiger partial charge is 0.444 e. The first-order valence-corrected chi connectivity index (χ1v) is 6.99. The van der Waals surface area contributed by atoms with Crippen molar-refractivity contribution in [3.8, 4) is 0 Å². The van der Waals surface area contributed by atoms with Crippen molar-refractivity contribution in [2.24, 2.45) is 0 Å². The van der Waals surface area contributed by atoms with Gasteiger partial charge in [0.15, 0.2) is 0 Å². The lowest BCUT2D eigenvalue weighted by Gasteiger charge is -2.41. The topological polar surface area (TPSA) is 54.5 Å². The van der Waals surface area contributed by atoms with Gasteiger partial charge in [-0.25, -0.2) is 4.79 Å². The number of aromatic nitrogens is 1. The van der Waals surface area contributed by atoms with Crippen molar-refractivity contribution in [3.05, 3.63) is 30.1 Å². The number of carbonyl (C=O) groups is 1. The summed E-state index contributed by atoms with van der Waals surface area (Å²) in [7, 11) is 0. The molecule has 5 heteroatoms. The Morgan fingerprint density at radius 3 is 2.55 bits per heavy atom. The van der Waals surface area contributed by atoms with E-state index in [2.05, 4.69) is 17.2 Å². The molecular weight excluding hydrogens is 254 g/mol. The van der Waals surface area contributed by atoms with Crippen LogP contribution in [0.25, 0.3) is 0 Å². The second-order valence-electron chi connectivity index (χ2n) is 6.25. The van der Waals surface area contributed by atoms with Crippen LogP contribution in [0.2, 0.25) is 0 Å². The number of hydrogen-bond acceptors (Lipinski definition) is 4. The van der Waals surface area contributed by atoms with Crippen LogP contribution in [0.15, 0.2) is 24.5 Å². The minimum Gasteiger partial charge on any atom is -0.444 e. The SMILES string of the molecule is C[C@@H](NC1CN(C(=O)OC(C)(C)C)C1)c1ccncc1. The summed E-state index contributed by atoms with van der Waals surface area (Å²) in [4.78, 5) is 17.5. The summed E-state index contributed by atoms with van der Waals surface area (Å²) in [5, 5.41) is 3.50. The number of amides is 1. The van der Waals surface area contributed by atoms with E-state index in [9.17, 15) is 4.79 Å². The van der Waals surface area contributed by atoms with Crippen LogP contribution >= 0.6 is 0 Å². The van der Waals surface area contributed by atoms with Gasteiger partial charge in [0.05, 0.1) is 0 Å². The molecule has 1 aliphatic heterocycles. The average Bonchev–Trinajstić information content (AvgIpc) is 2.31. The Labute approximate surface area is 120 Å². The molecule has 110 valence electrons. The molecule has 1 amide bonds. The van der Waals surface area contributed by atoms with Gasteiger partial charge in [0.2, 0.25) is 0 Å². The molecule has 0 radical (unpaired) electrons. The summed E-state index contributed by atoms with van der Waals surface area (Å²) >= 11 is 0. The van der Waals surface area contributed by atoms with Crippen LogP contribution in [-0.2, 0) is 4.74 Å². The maximum absolute atomic E-state index is 11.8. The summed E-state index contributed by atoms with van der Waals surface area (Å²) in [5.74, 6) is 0. The van der Waals surface area contributed by atoms with Crippen molar-refractivity contribution in [3.63, 3.8) is 0 Å². The number of nitrogens with zero attached hydrogens (tertiary/aromatic N) is 2. The predicted octanol–water partition coefficient (Wildman–Crippen LogP) is 2.35. The van der Waals surface area contributed by atoms with Crippen LogP contribution in [0.3, 0.4) is 0 Å². The normalized spacial score (nSPS) is 17.5. The lowest BCUT2D eigenvalue weighted by Crippen LogP contribution is -2.60. The van der Waals surface area contributed by atoms with Crippen molar-refractivity contribution in [2.45, 2.75) is 45.4 Å². The molecule has 0 spiro atoms. The van der Waals surface area contributed by atoms with Gasteiger partial charge >= 0.3 is 6.09 Å². The standard InChI is InChI=1S/C15H23N3O2/c1-11(12-5-7-16-8-6-12)17-13-9-18(10-13)14(19)20-15(2,3)4/h5-8,11,13,17H,9-10H2,1-4H3/t11-/m1/s1. The second-order valence-corrected chi connectivity index (χ2v) is 6.25. The zero-order valence-corrected chi connectivity index (χ0v) is 12.6. The third-order valence-corrected chi connectivity index (χ3v) is 3.23. The summed E-state index contributed by atoms with van der Waals surface area (Å²) in [5.41, 5.74) is 0.774. The minimum atomic E-state index is -0.431. The van der Waals surface area contributed by atoms with Crippen LogP contribution in [0.5, 0.6) is 0 Å². The first kappa shape index (κ1) is 14.8. The highest BCUT2D eigenvalue weighted by atomic mass is 16.6. The molecule has 2 rings (SSSR count). The van der Waals surface area contributed by atoms with E-state index >= 15 is 0 Å². The van der Waals surface area contributed by atoms with E-state index in [1.54, 1.807) is 17.3 Å². The lowest BCUT2D eigenvalue weighted by molar-refractivity contribution is 0.00434. The van der Waals surface area contributed by atoms with Gasteiger partial charge in [-0.3, -0.25) is 4.98 Å². The number of ether oxygens (including phenoxy) is 1. The molecule has 1 saturated heterocycles. The predicted molar refractivity (Wildman–Crippen MR) is 77.4 cm³/mol. The van der Waals surface area contributed by atoms with Crippen LogP contribution in [-0.4, -0.2) is 40.7 Å². The molecule has 0 saturated carbocycles. The van der Waals surface area contributed by atoms with Crippen molar-refractivity contribution in [1.29, 1.82) is 0 Å². The molecule has 5 nitrogen and oxygen atoms in total. The zero-order chi connectivity index (χ0) is 14.8. The van der Waals surface area contributed by atoms with E-state index in [0.29, 0.717) is 19.1 Å². The fourth-order valence-electron chi connectivity index (χ4n) is 2.16. The van der Waals surface area contributed by atoms with Crippen molar-refractivity contribution in [1.82, 2.24) is 15.2 Å². The number of nitrogens with one attached hydrogen (secondary N) is 1. The fourth-order valence-corrected chi connectivity index (χ4v) is 2.16. The summed E-state index contributed by atoms with van der Waals surface area (Å²) in [6, 6.07) is 4.58. The molecule has 1 fully saturated rings. The highest BCUT2D eigenvalue weighted by molar-refractivity contribution is 5.69. The highest BCUT2D eigenvalue weighted by Gasteiger charge is 2.34. The Morgan fingerprint density at radius 1 is 1.40 bits per heavy atom. The zero-order valence-electron chi connectivity index (χ0n) is 12.6. The molecule has 2 heterocycles. The number of rotatable bonds is 3. The number of likely N-dealkylation sites (tertiary alicyclic amines) is 1. The van der Waals surface area contributed by atoms with E-state index < -0.39 is 5.60 Å². The molecule has 20 heavy (non-hydrogen) atoms. The smallest absolute Gasteiger partial charge is 0.410 e. The van der Waals surface area contributed by atoms with Crippen molar-refractivity contribution < 1.29 is 9.53 Å². The Morgan fingerprint density at radius 2 is 2.00 bits per heavy atom. The molecule has 1 aromatic rings. The first-order valence-electron chi connectivity index (χ1n) is 6.99. The Balaban J connectivity index is 1.76. The molecule has 0 unspecified atom stereocenters. The molecule has 0 aromatic carbocycles. The van der Waals surface area contributed by atoms with Gasteiger partial charge in [0.25, 0.3) is 0 Å². The third-order valence-electron chi connectivity index (χ3n) is 3.23. The second kappa shape index (κ2) is 5.79.